The number of carboxylic acid groups (broad SMARTS) is 2. The SMILES string of the molecule is O=C(O)C(F)(F)F.O=C(O)C(F)(F)F.O=C(c1cccnc1)N1CCOC2(CCN(CC3CCCC3)CC2)C1. The highest BCUT2D eigenvalue weighted by Crippen LogP contribution is 2.33. The number of carbonyl (C=O) groups is 3. The van der Waals surface area contributed by atoms with Gasteiger partial charge >= 0.3 is 24.3 Å². The number of pyridine rings is 1. The summed E-state index contributed by atoms with van der Waals surface area (Å²) >= 11 is 0. The first-order valence-corrected chi connectivity index (χ1v) is 12.3. The van der Waals surface area contributed by atoms with Crippen molar-refractivity contribution in [1.82, 2.24) is 14.8 Å². The zero-order chi connectivity index (χ0) is 29.3. The molecule has 15 heteroatoms. The molecule has 0 bridgehead atoms. The molecule has 2 aliphatic heterocycles. The maximum atomic E-state index is 12.7. The number of carbonyl (C=O) groups excluding carboxylic acids is 1. The van der Waals surface area contributed by atoms with Gasteiger partial charge in [-0.1, -0.05) is 12.8 Å². The molecule has 1 aromatic heterocycles. The number of ether oxygens (including phenoxy) is 1. The van der Waals surface area contributed by atoms with Crippen molar-refractivity contribution in [2.45, 2.75) is 56.5 Å². The third-order valence-electron chi connectivity index (χ3n) is 6.69. The second-order valence-corrected chi connectivity index (χ2v) is 9.56. The van der Waals surface area contributed by atoms with E-state index < -0.39 is 24.3 Å². The lowest BCUT2D eigenvalue weighted by atomic mass is 9.88. The fourth-order valence-electron chi connectivity index (χ4n) is 4.69. The number of carboxylic acids is 2. The van der Waals surface area contributed by atoms with Crippen LogP contribution in [0.2, 0.25) is 0 Å². The van der Waals surface area contributed by atoms with Crippen molar-refractivity contribution in [3.05, 3.63) is 30.1 Å². The molecule has 9 nitrogen and oxygen atoms in total. The molecule has 39 heavy (non-hydrogen) atoms. The van der Waals surface area contributed by atoms with Crippen LogP contribution in [0.1, 0.15) is 48.9 Å². The van der Waals surface area contributed by atoms with Crippen LogP contribution in [0.4, 0.5) is 26.3 Å². The fourth-order valence-corrected chi connectivity index (χ4v) is 4.69. The summed E-state index contributed by atoms with van der Waals surface area (Å²) in [6.07, 6.45) is 0.921. The van der Waals surface area contributed by atoms with Crippen LogP contribution in [-0.4, -0.2) is 100 Å². The minimum Gasteiger partial charge on any atom is -0.475 e. The molecule has 220 valence electrons. The Balaban J connectivity index is 0.000000317. The number of amides is 1. The van der Waals surface area contributed by atoms with E-state index in [-0.39, 0.29) is 11.5 Å². The van der Waals surface area contributed by atoms with E-state index >= 15 is 0 Å². The summed E-state index contributed by atoms with van der Waals surface area (Å²) in [6.45, 7) is 5.51. The number of hydrogen-bond acceptors (Lipinski definition) is 6. The van der Waals surface area contributed by atoms with Crippen molar-refractivity contribution in [3.8, 4) is 0 Å². The summed E-state index contributed by atoms with van der Waals surface area (Å²) < 4.78 is 69.7. The van der Waals surface area contributed by atoms with Gasteiger partial charge in [0.1, 0.15) is 0 Å². The fraction of sp³-hybridized carbons (Fsp3) is 0.667. The molecule has 1 aliphatic carbocycles. The molecule has 3 fully saturated rings. The van der Waals surface area contributed by atoms with Gasteiger partial charge < -0.3 is 24.7 Å². The Hall–Kier alpha value is -2.94. The van der Waals surface area contributed by atoms with E-state index in [0.29, 0.717) is 18.7 Å². The van der Waals surface area contributed by atoms with E-state index in [1.165, 1.54) is 32.2 Å². The van der Waals surface area contributed by atoms with Crippen LogP contribution in [0, 0.1) is 5.92 Å². The number of piperidine rings is 1. The summed E-state index contributed by atoms with van der Waals surface area (Å²) in [5, 5.41) is 14.2. The number of nitrogens with zero attached hydrogens (tertiary/aromatic N) is 3. The third-order valence-corrected chi connectivity index (χ3v) is 6.69. The molecule has 1 amide bonds. The molecule has 1 aromatic rings. The van der Waals surface area contributed by atoms with Gasteiger partial charge in [0, 0.05) is 38.6 Å². The summed E-state index contributed by atoms with van der Waals surface area (Å²) in [6, 6.07) is 3.67. The van der Waals surface area contributed by atoms with Gasteiger partial charge in [-0.25, -0.2) is 9.59 Å². The zero-order valence-corrected chi connectivity index (χ0v) is 21.0. The average molecular weight is 572 g/mol. The average Bonchev–Trinajstić information content (AvgIpc) is 3.38. The second kappa shape index (κ2) is 13.9. The summed E-state index contributed by atoms with van der Waals surface area (Å²) in [4.78, 5) is 39.2. The first-order chi connectivity index (χ1) is 18.1. The van der Waals surface area contributed by atoms with Crippen molar-refractivity contribution in [2.75, 3.05) is 39.3 Å². The van der Waals surface area contributed by atoms with Gasteiger partial charge in [0.15, 0.2) is 0 Å². The molecule has 0 unspecified atom stereocenters. The number of halogens is 6. The van der Waals surface area contributed by atoms with Gasteiger partial charge in [-0.2, -0.15) is 26.3 Å². The lowest BCUT2D eigenvalue weighted by molar-refractivity contribution is -0.193. The van der Waals surface area contributed by atoms with Gasteiger partial charge in [0.25, 0.3) is 5.91 Å². The number of hydrogen-bond donors (Lipinski definition) is 2. The molecular formula is C24H31F6N3O6. The molecule has 1 saturated carbocycles. The van der Waals surface area contributed by atoms with Gasteiger partial charge in [-0.15, -0.1) is 0 Å². The highest BCUT2D eigenvalue weighted by Gasteiger charge is 2.41. The maximum Gasteiger partial charge on any atom is 0.490 e. The topological polar surface area (TPSA) is 120 Å². The van der Waals surface area contributed by atoms with Crippen LogP contribution < -0.4 is 0 Å². The molecule has 4 rings (SSSR count). The van der Waals surface area contributed by atoms with E-state index in [9.17, 15) is 31.1 Å². The van der Waals surface area contributed by atoms with E-state index in [1.54, 1.807) is 12.4 Å². The Kier molecular flexibility index (Phi) is 11.5. The van der Waals surface area contributed by atoms with Crippen molar-refractivity contribution in [1.29, 1.82) is 0 Å². The van der Waals surface area contributed by atoms with Crippen LogP contribution in [0.25, 0.3) is 0 Å². The van der Waals surface area contributed by atoms with Crippen LogP contribution in [0.5, 0.6) is 0 Å². The normalized spacial score (nSPS) is 19.9. The predicted octanol–water partition coefficient (Wildman–Crippen LogP) is 3.85. The molecule has 3 aliphatic rings. The quantitative estimate of drug-likeness (QED) is 0.526. The first-order valence-electron chi connectivity index (χ1n) is 12.3. The minimum absolute atomic E-state index is 0.0872. The Morgan fingerprint density at radius 2 is 1.51 bits per heavy atom. The van der Waals surface area contributed by atoms with E-state index in [1.807, 2.05) is 17.0 Å². The summed E-state index contributed by atoms with van der Waals surface area (Å²) in [5.41, 5.74) is 0.542. The van der Waals surface area contributed by atoms with Crippen LogP contribution >= 0.6 is 0 Å². The van der Waals surface area contributed by atoms with Gasteiger partial charge in [-0.05, 0) is 43.7 Å². The van der Waals surface area contributed by atoms with Crippen molar-refractivity contribution in [3.63, 3.8) is 0 Å². The molecule has 3 heterocycles. The van der Waals surface area contributed by atoms with E-state index in [0.717, 1.165) is 38.4 Å². The smallest absolute Gasteiger partial charge is 0.475 e. The molecule has 2 N–H and O–H groups in total. The van der Waals surface area contributed by atoms with Crippen molar-refractivity contribution >= 4 is 17.8 Å². The van der Waals surface area contributed by atoms with Gasteiger partial charge in [0.2, 0.25) is 0 Å². The molecule has 1 spiro atoms. The lowest BCUT2D eigenvalue weighted by Gasteiger charge is -2.47. The number of likely N-dealkylation sites (tertiary alicyclic amines) is 1. The highest BCUT2D eigenvalue weighted by atomic mass is 19.4. The van der Waals surface area contributed by atoms with E-state index in [4.69, 9.17) is 24.5 Å². The summed E-state index contributed by atoms with van der Waals surface area (Å²) in [5.74, 6) is -4.52. The molecule has 0 aromatic carbocycles. The molecular weight excluding hydrogens is 540 g/mol. The Bertz CT molecular complexity index is 922. The van der Waals surface area contributed by atoms with Crippen LogP contribution in [0.3, 0.4) is 0 Å². The van der Waals surface area contributed by atoms with Gasteiger partial charge in [0.05, 0.1) is 24.3 Å². The zero-order valence-electron chi connectivity index (χ0n) is 21.0. The standard InChI is InChI=1S/C20H29N3O2.2C2HF3O2/c24-19(18-6-3-9-21-14-18)23-12-13-25-20(16-23)7-10-22(11-8-20)15-17-4-1-2-5-17;2*3-2(4,5)1(6)7/h3,6,9,14,17H,1-2,4-5,7-8,10-13,15-16H2;2*(H,6,7). The second-order valence-electron chi connectivity index (χ2n) is 9.56. The molecule has 2 saturated heterocycles. The third kappa shape index (κ3) is 10.6. The summed E-state index contributed by atoms with van der Waals surface area (Å²) in [7, 11) is 0. The number of aliphatic carboxylic acids is 2. The molecule has 0 radical (unpaired) electrons. The predicted molar refractivity (Wildman–Crippen MR) is 124 cm³/mol. The lowest BCUT2D eigenvalue weighted by Crippen LogP contribution is -2.58. The van der Waals surface area contributed by atoms with Crippen molar-refractivity contribution < 1.29 is 55.7 Å². The Labute approximate surface area is 220 Å². The van der Waals surface area contributed by atoms with Crippen molar-refractivity contribution in [2.24, 2.45) is 5.92 Å². The highest BCUT2D eigenvalue weighted by molar-refractivity contribution is 5.94. The van der Waals surface area contributed by atoms with Crippen LogP contribution in [-0.2, 0) is 14.3 Å². The number of alkyl halides is 6. The maximum absolute atomic E-state index is 12.7. The van der Waals surface area contributed by atoms with Crippen LogP contribution in [0.15, 0.2) is 24.5 Å². The largest absolute Gasteiger partial charge is 0.490 e. The number of morpholine rings is 1. The molecule has 0 atom stereocenters. The Morgan fingerprint density at radius 1 is 0.974 bits per heavy atom. The number of aromatic nitrogens is 1. The van der Waals surface area contributed by atoms with Gasteiger partial charge in [-0.3, -0.25) is 9.78 Å². The minimum atomic E-state index is -5.08. The number of rotatable bonds is 3. The monoisotopic (exact) mass is 571 g/mol. The first kappa shape index (κ1) is 32.3. The Morgan fingerprint density at radius 3 is 1.97 bits per heavy atom. The van der Waals surface area contributed by atoms with E-state index in [2.05, 4.69) is 9.88 Å².